The second-order valence-electron chi connectivity index (χ2n) is 8.77. The molecule has 4 aromatic rings. The third-order valence-corrected chi connectivity index (χ3v) is 6.28. The first-order chi connectivity index (χ1) is 18.0. The molecule has 190 valence electrons. The molecule has 0 saturated carbocycles. The van der Waals surface area contributed by atoms with Crippen molar-refractivity contribution >= 4 is 34.7 Å². The summed E-state index contributed by atoms with van der Waals surface area (Å²) in [5.41, 5.74) is 3.18. The highest BCUT2D eigenvalue weighted by atomic mass is 19.1. The van der Waals surface area contributed by atoms with E-state index < -0.39 is 18.4 Å². The maximum atomic E-state index is 15.1. The number of nitrogens with one attached hydrogen (secondary N) is 1. The molecule has 1 aliphatic rings. The van der Waals surface area contributed by atoms with Crippen LogP contribution in [-0.4, -0.2) is 47.8 Å². The summed E-state index contributed by atoms with van der Waals surface area (Å²) in [6.07, 6.45) is -0.395. The van der Waals surface area contributed by atoms with Gasteiger partial charge in [-0.3, -0.25) is 4.79 Å². The standard InChI is InChI=1S/C28H26FN3O5/c1-35-27(34)19-10-12-21(13-11-19)36-26(29)23-8-5-15-32(23)25(33)17-18-9-14-22-24(16-18)37-28(31-22)30-20-6-3-2-4-7-20/h2-4,6-7,9-14,16,23,26H,5,8,15,17H2,1H3,(H,30,31)/t23-,26?/m0/s1. The van der Waals surface area contributed by atoms with Gasteiger partial charge < -0.3 is 24.1 Å². The molecule has 8 nitrogen and oxygen atoms in total. The van der Waals surface area contributed by atoms with Crippen molar-refractivity contribution in [1.29, 1.82) is 0 Å². The molecule has 1 amide bonds. The maximum absolute atomic E-state index is 15.1. The van der Waals surface area contributed by atoms with Crippen molar-refractivity contribution < 1.29 is 27.9 Å². The molecule has 3 aromatic carbocycles. The Bertz CT molecular complexity index is 1390. The number of rotatable bonds is 8. The first-order valence-corrected chi connectivity index (χ1v) is 12.0. The lowest BCUT2D eigenvalue weighted by atomic mass is 10.1. The molecule has 0 spiro atoms. The summed E-state index contributed by atoms with van der Waals surface area (Å²) in [6.45, 7) is 0.463. The van der Waals surface area contributed by atoms with Crippen molar-refractivity contribution in [3.05, 3.63) is 83.9 Å². The van der Waals surface area contributed by atoms with Gasteiger partial charge in [-0.15, -0.1) is 0 Å². The van der Waals surface area contributed by atoms with Crippen LogP contribution < -0.4 is 10.1 Å². The van der Waals surface area contributed by atoms with E-state index in [1.165, 1.54) is 31.4 Å². The molecule has 1 unspecified atom stereocenters. The first kappa shape index (κ1) is 24.3. The molecule has 1 N–H and O–H groups in total. The molecule has 1 saturated heterocycles. The van der Waals surface area contributed by atoms with Crippen LogP contribution >= 0.6 is 0 Å². The normalized spacial score (nSPS) is 15.9. The van der Waals surface area contributed by atoms with Crippen molar-refractivity contribution in [2.75, 3.05) is 19.0 Å². The molecule has 2 heterocycles. The molecule has 5 rings (SSSR count). The fourth-order valence-corrected chi connectivity index (χ4v) is 4.42. The van der Waals surface area contributed by atoms with Gasteiger partial charge in [0.25, 0.3) is 12.4 Å². The summed E-state index contributed by atoms with van der Waals surface area (Å²) < 4.78 is 31.1. The molecule has 9 heteroatoms. The van der Waals surface area contributed by atoms with E-state index in [2.05, 4.69) is 15.0 Å². The monoisotopic (exact) mass is 503 g/mol. The summed E-state index contributed by atoms with van der Waals surface area (Å²) >= 11 is 0. The number of para-hydroxylation sites is 1. The topological polar surface area (TPSA) is 93.9 Å². The van der Waals surface area contributed by atoms with E-state index in [-0.39, 0.29) is 18.1 Å². The number of carbonyl (C=O) groups is 2. The number of amides is 1. The van der Waals surface area contributed by atoms with Crippen LogP contribution in [-0.2, 0) is 16.0 Å². The van der Waals surface area contributed by atoms with Gasteiger partial charge in [0, 0.05) is 12.2 Å². The van der Waals surface area contributed by atoms with Gasteiger partial charge in [0.2, 0.25) is 5.91 Å². The predicted octanol–water partition coefficient (Wildman–Crippen LogP) is 5.27. The molecule has 0 bridgehead atoms. The fourth-order valence-electron chi connectivity index (χ4n) is 4.42. The summed E-state index contributed by atoms with van der Waals surface area (Å²) in [5, 5.41) is 3.12. The van der Waals surface area contributed by atoms with Crippen LogP contribution in [0.3, 0.4) is 0 Å². The van der Waals surface area contributed by atoms with Gasteiger partial charge in [-0.05, 0) is 66.9 Å². The number of aromatic nitrogens is 1. The van der Waals surface area contributed by atoms with Gasteiger partial charge in [0.05, 0.1) is 25.1 Å². The van der Waals surface area contributed by atoms with E-state index in [0.717, 1.165) is 11.3 Å². The first-order valence-electron chi connectivity index (χ1n) is 12.0. The number of carbonyl (C=O) groups excluding carboxylic acids is 2. The number of oxazole rings is 1. The van der Waals surface area contributed by atoms with E-state index in [1.807, 2.05) is 36.4 Å². The minimum atomic E-state index is -1.70. The molecule has 2 atom stereocenters. The number of benzene rings is 3. The molecular weight excluding hydrogens is 477 g/mol. The number of ether oxygens (including phenoxy) is 2. The Morgan fingerprint density at radius 3 is 2.68 bits per heavy atom. The van der Waals surface area contributed by atoms with Crippen LogP contribution in [0.15, 0.2) is 77.2 Å². The number of anilines is 2. The van der Waals surface area contributed by atoms with Gasteiger partial charge in [-0.25, -0.2) is 4.79 Å². The maximum Gasteiger partial charge on any atom is 0.337 e. The van der Waals surface area contributed by atoms with Gasteiger partial charge >= 0.3 is 5.97 Å². The Morgan fingerprint density at radius 2 is 1.92 bits per heavy atom. The Labute approximate surface area is 213 Å². The lowest BCUT2D eigenvalue weighted by molar-refractivity contribution is -0.135. The van der Waals surface area contributed by atoms with Gasteiger partial charge in [-0.2, -0.15) is 9.37 Å². The summed E-state index contributed by atoms with van der Waals surface area (Å²) in [5.74, 6) is -0.394. The third-order valence-electron chi connectivity index (χ3n) is 6.28. The van der Waals surface area contributed by atoms with Gasteiger partial charge in [0.1, 0.15) is 11.3 Å². The van der Waals surface area contributed by atoms with Crippen molar-refractivity contribution in [2.45, 2.75) is 31.7 Å². The highest BCUT2D eigenvalue weighted by molar-refractivity contribution is 5.89. The zero-order valence-corrected chi connectivity index (χ0v) is 20.2. The second kappa shape index (κ2) is 10.7. The van der Waals surface area contributed by atoms with Gasteiger partial charge in [0.15, 0.2) is 5.58 Å². The quantitative estimate of drug-likeness (QED) is 0.328. The molecule has 0 radical (unpaired) electrons. The number of halogens is 1. The SMILES string of the molecule is COC(=O)c1ccc(OC(F)[C@@H]2CCCN2C(=O)Cc2ccc3nc(Nc4ccccc4)oc3c2)cc1. The lowest BCUT2D eigenvalue weighted by Gasteiger charge is -2.27. The van der Waals surface area contributed by atoms with Crippen molar-refractivity contribution in [3.8, 4) is 5.75 Å². The highest BCUT2D eigenvalue weighted by Gasteiger charge is 2.36. The number of likely N-dealkylation sites (tertiary alicyclic amines) is 1. The lowest BCUT2D eigenvalue weighted by Crippen LogP contribution is -2.44. The van der Waals surface area contributed by atoms with Crippen molar-refractivity contribution in [2.24, 2.45) is 0 Å². The number of alkyl halides is 1. The number of fused-ring (bicyclic) bond motifs is 1. The average Bonchev–Trinajstić information content (AvgIpc) is 3.56. The number of hydrogen-bond donors (Lipinski definition) is 1. The molecule has 0 aliphatic carbocycles. The Morgan fingerprint density at radius 1 is 1.14 bits per heavy atom. The highest BCUT2D eigenvalue weighted by Crippen LogP contribution is 2.27. The van der Waals surface area contributed by atoms with E-state index in [1.54, 1.807) is 17.0 Å². The van der Waals surface area contributed by atoms with Crippen molar-refractivity contribution in [1.82, 2.24) is 9.88 Å². The Kier molecular flexibility index (Phi) is 7.02. The summed E-state index contributed by atoms with van der Waals surface area (Å²) in [7, 11) is 1.29. The van der Waals surface area contributed by atoms with Crippen LogP contribution in [0.5, 0.6) is 5.75 Å². The van der Waals surface area contributed by atoms with E-state index in [4.69, 9.17) is 9.15 Å². The Balaban J connectivity index is 1.22. The summed E-state index contributed by atoms with van der Waals surface area (Å²) in [6, 6.07) is 20.7. The zero-order valence-electron chi connectivity index (χ0n) is 20.2. The fraction of sp³-hybridized carbons (Fsp3) is 0.250. The number of esters is 1. The van der Waals surface area contributed by atoms with E-state index >= 15 is 4.39 Å². The number of hydrogen-bond acceptors (Lipinski definition) is 7. The molecule has 1 aromatic heterocycles. The van der Waals surface area contributed by atoms with Gasteiger partial charge in [-0.1, -0.05) is 24.3 Å². The minimum absolute atomic E-state index is 0.106. The zero-order chi connectivity index (χ0) is 25.8. The third kappa shape index (κ3) is 5.55. The minimum Gasteiger partial charge on any atom is -0.465 e. The van der Waals surface area contributed by atoms with Crippen LogP contribution in [0.4, 0.5) is 16.1 Å². The number of methoxy groups -OCH3 is 1. The molecule has 37 heavy (non-hydrogen) atoms. The van der Waals surface area contributed by atoms with E-state index in [9.17, 15) is 9.59 Å². The molecule has 1 aliphatic heterocycles. The Hall–Kier alpha value is -4.40. The van der Waals surface area contributed by atoms with Crippen LogP contribution in [0.25, 0.3) is 11.1 Å². The van der Waals surface area contributed by atoms with Crippen LogP contribution in [0.1, 0.15) is 28.8 Å². The largest absolute Gasteiger partial charge is 0.465 e. The molecular formula is C28H26FN3O5. The van der Waals surface area contributed by atoms with Crippen LogP contribution in [0.2, 0.25) is 0 Å². The van der Waals surface area contributed by atoms with Crippen LogP contribution in [0, 0.1) is 0 Å². The molecule has 1 fully saturated rings. The summed E-state index contributed by atoms with van der Waals surface area (Å²) in [4.78, 5) is 30.7. The number of nitrogens with zero attached hydrogens (tertiary/aromatic N) is 2. The smallest absolute Gasteiger partial charge is 0.337 e. The van der Waals surface area contributed by atoms with E-state index in [0.29, 0.717) is 42.1 Å². The second-order valence-corrected chi connectivity index (χ2v) is 8.77. The predicted molar refractivity (Wildman–Crippen MR) is 135 cm³/mol. The van der Waals surface area contributed by atoms with Crippen molar-refractivity contribution in [3.63, 3.8) is 0 Å². The average molecular weight is 504 g/mol.